The number of ether oxygens (including phenoxy) is 2. The van der Waals surface area contributed by atoms with Gasteiger partial charge in [0.15, 0.2) is 5.75 Å². The van der Waals surface area contributed by atoms with Crippen LogP contribution in [0.5, 0.6) is 23.0 Å². The topological polar surface area (TPSA) is 281 Å². The molecule has 0 radical (unpaired) electrons. The second-order valence-electron chi connectivity index (χ2n) is 15.5. The van der Waals surface area contributed by atoms with Crippen molar-refractivity contribution < 1.29 is 55.2 Å². The number of benzene rings is 8. The number of rotatable bonds is 12. The number of nitrogens with zero attached hydrogens (tertiary/aromatic N) is 4. The number of carbonyl (C=O) groups excluding carboxylic acids is 2. The number of amides is 2. The summed E-state index contributed by atoms with van der Waals surface area (Å²) < 4.78 is 77.8. The van der Waals surface area contributed by atoms with Crippen molar-refractivity contribution in [1.29, 1.82) is 0 Å². The minimum atomic E-state index is -4.82. The average molecular weight is 1190 g/mol. The second-order valence-corrected chi connectivity index (χ2v) is 19.0. The van der Waals surface area contributed by atoms with Crippen molar-refractivity contribution in [2.45, 2.75) is 23.6 Å². The number of azo groups is 2. The van der Waals surface area contributed by atoms with E-state index in [0.717, 1.165) is 12.1 Å². The monoisotopic (exact) mass is 1190 g/mol. The van der Waals surface area contributed by atoms with Crippen molar-refractivity contribution in [2.75, 3.05) is 24.9 Å². The number of aromatic hydroxyl groups is 1. The largest absolute Gasteiger partial charge is 2.00 e. The van der Waals surface area contributed by atoms with Gasteiger partial charge in [-0.2, -0.15) is 23.8 Å². The summed E-state index contributed by atoms with van der Waals surface area (Å²) in [6.07, 6.45) is 0. The van der Waals surface area contributed by atoms with Gasteiger partial charge in [0, 0.05) is 37.8 Å². The molecular weight excluding hydrogens is 1150 g/mol. The average Bonchev–Trinajstić information content (AvgIpc) is 3.34. The Balaban J connectivity index is 0.000000235. The predicted octanol–water partition coefficient (Wildman–Crippen LogP) is 11.5. The van der Waals surface area contributed by atoms with Gasteiger partial charge in [-0.3, -0.25) is 14.1 Å². The molecule has 0 saturated carbocycles. The van der Waals surface area contributed by atoms with Gasteiger partial charge < -0.3 is 34.9 Å². The van der Waals surface area contributed by atoms with Crippen LogP contribution >= 0.6 is 23.2 Å². The van der Waals surface area contributed by atoms with E-state index in [9.17, 15) is 45.7 Å². The molecule has 8 aromatic carbocycles. The molecule has 2 amide bonds. The molecule has 23 heteroatoms. The van der Waals surface area contributed by atoms with E-state index in [-0.39, 0.29) is 104 Å². The summed E-state index contributed by atoms with van der Waals surface area (Å²) >= 11 is 12.2. The molecule has 73 heavy (non-hydrogen) atoms. The maximum Gasteiger partial charge on any atom is 2.00 e. The smallest absolute Gasteiger partial charge is 0.870 e. The molecule has 0 heterocycles. The number of phenolic OH excluding ortho intramolecular Hbond substituents is 1. The number of halogens is 2. The zero-order chi connectivity index (χ0) is 52.1. The number of nitrogens with one attached hydrogen (secondary N) is 2. The third-order valence-electron chi connectivity index (χ3n) is 10.8. The molecule has 0 aliphatic carbocycles. The Morgan fingerprint density at radius 3 is 1.47 bits per heavy atom. The quantitative estimate of drug-likeness (QED) is 0.0505. The van der Waals surface area contributed by atoms with E-state index in [1.807, 2.05) is 0 Å². The summed E-state index contributed by atoms with van der Waals surface area (Å²) in [6, 6.07) is 34.8. The van der Waals surface area contributed by atoms with Crippen LogP contribution in [-0.2, 0) is 20.2 Å². The number of methoxy groups -OCH3 is 2. The molecule has 8 aromatic rings. The molecule has 4 N–H and O–H groups in total. The zero-order valence-corrected chi connectivity index (χ0v) is 46.3. The summed E-state index contributed by atoms with van der Waals surface area (Å²) in [5.41, 5.74) is 0.824. The Kier molecular flexibility index (Phi) is 18.1. The van der Waals surface area contributed by atoms with Gasteiger partial charge in [0.25, 0.3) is 21.9 Å². The van der Waals surface area contributed by atoms with Gasteiger partial charge in [-0.05, 0) is 121 Å². The second kappa shape index (κ2) is 23.6. The van der Waals surface area contributed by atoms with E-state index < -0.39 is 53.3 Å². The van der Waals surface area contributed by atoms with Crippen LogP contribution in [0.15, 0.2) is 164 Å². The van der Waals surface area contributed by atoms with Crippen LogP contribution in [0.25, 0.3) is 21.5 Å². The SMILES string of the molecule is COc1ccc(NC(=O)c2cc3ccccc3c(N=Nc3cc(Cl)c(C)c(S(=O)(=O)O)c3)c2O)cc1.COc1ccc(NC(=O)c2cc3ccccc3c(N=Nc3cc(Cl)c(C)c(S(=O)(=O)[O-])c3)c2[O-])cc1.[Ba+2]. The van der Waals surface area contributed by atoms with Crippen LogP contribution in [0.4, 0.5) is 34.1 Å². The van der Waals surface area contributed by atoms with E-state index in [1.54, 1.807) is 97.1 Å². The molecule has 18 nitrogen and oxygen atoms in total. The molecule has 0 fully saturated rings. The Morgan fingerprint density at radius 2 is 1.00 bits per heavy atom. The maximum absolute atomic E-state index is 13.3. The van der Waals surface area contributed by atoms with Gasteiger partial charge in [-0.15, -0.1) is 5.11 Å². The summed E-state index contributed by atoms with van der Waals surface area (Å²) in [5.74, 6) is -1.10. The van der Waals surface area contributed by atoms with Crippen molar-refractivity contribution in [3.8, 4) is 23.0 Å². The molecule has 368 valence electrons. The first kappa shape index (κ1) is 55.9. The molecule has 0 spiro atoms. The number of hydrogen-bond acceptors (Lipinski definition) is 15. The molecule has 0 aliphatic rings. The molecule has 0 atom stereocenters. The third-order valence-corrected chi connectivity index (χ3v) is 13.5. The van der Waals surface area contributed by atoms with Gasteiger partial charge in [0.05, 0.1) is 41.7 Å². The van der Waals surface area contributed by atoms with E-state index >= 15 is 0 Å². The fraction of sp³-hybridized carbons (Fsp3) is 0.0800. The minimum Gasteiger partial charge on any atom is -0.870 e. The summed E-state index contributed by atoms with van der Waals surface area (Å²) in [7, 11) is -6.31. The predicted molar refractivity (Wildman–Crippen MR) is 275 cm³/mol. The van der Waals surface area contributed by atoms with Gasteiger partial charge in [0.1, 0.15) is 32.2 Å². The van der Waals surface area contributed by atoms with Gasteiger partial charge in [-0.25, -0.2) is 8.42 Å². The van der Waals surface area contributed by atoms with Crippen LogP contribution in [0, 0.1) is 13.8 Å². The van der Waals surface area contributed by atoms with E-state index in [0.29, 0.717) is 44.4 Å². The molecular formula is C50H38BaCl2N6O12S2. The summed E-state index contributed by atoms with van der Waals surface area (Å²) in [4.78, 5) is 25.0. The molecule has 0 bridgehead atoms. The number of phenols is 1. The summed E-state index contributed by atoms with van der Waals surface area (Å²) in [6.45, 7) is 2.83. The number of fused-ring (bicyclic) bond motifs is 2. The van der Waals surface area contributed by atoms with Gasteiger partial charge in [-0.1, -0.05) is 77.5 Å². The standard InChI is InChI=1S/2C25H20ClN3O6S.Ba/c2*1-14-21(26)12-17(13-22(14)36(32,33)34)28-29-23-19-6-4-3-5-15(19)11-20(24(23)30)25(31)27-16-7-9-18(35-2)10-8-16;/h2*3-13,30H,1-2H3,(H,27,31)(H,32,33,34);/q;;+2/p-2. The molecule has 0 saturated heterocycles. The third kappa shape index (κ3) is 13.2. The van der Waals surface area contributed by atoms with Crippen LogP contribution in [0.2, 0.25) is 10.0 Å². The van der Waals surface area contributed by atoms with Crippen LogP contribution in [-0.4, -0.2) is 106 Å². The molecule has 0 aromatic heterocycles. The van der Waals surface area contributed by atoms with Crippen molar-refractivity contribution in [1.82, 2.24) is 0 Å². The Hall–Kier alpha value is -6.41. The Morgan fingerprint density at radius 1 is 0.589 bits per heavy atom. The normalized spacial score (nSPS) is 11.5. The number of carbonyl (C=O) groups is 2. The Labute approximate surface area is 468 Å². The Bertz CT molecular complexity index is 3490. The minimum absolute atomic E-state index is 0. The first-order valence-corrected chi connectivity index (χ1v) is 24.5. The fourth-order valence-electron chi connectivity index (χ4n) is 7.05. The maximum atomic E-state index is 13.3. The van der Waals surface area contributed by atoms with Crippen molar-refractivity contribution in [3.63, 3.8) is 0 Å². The fourth-order valence-corrected chi connectivity index (χ4v) is 9.11. The van der Waals surface area contributed by atoms with Crippen LogP contribution < -0.4 is 25.2 Å². The van der Waals surface area contributed by atoms with Crippen LogP contribution in [0.1, 0.15) is 31.8 Å². The van der Waals surface area contributed by atoms with Crippen molar-refractivity contribution >= 4 is 160 Å². The summed E-state index contributed by atoms with van der Waals surface area (Å²) in [5, 5.41) is 48.0. The number of hydrogen-bond donors (Lipinski definition) is 4. The molecule has 0 aliphatic heterocycles. The van der Waals surface area contributed by atoms with E-state index in [4.69, 9.17) is 32.7 Å². The first-order valence-electron chi connectivity index (χ1n) is 20.9. The van der Waals surface area contributed by atoms with Gasteiger partial charge >= 0.3 is 48.9 Å². The van der Waals surface area contributed by atoms with E-state index in [1.165, 1.54) is 52.3 Å². The molecule has 8 rings (SSSR count). The first-order chi connectivity index (χ1) is 34.2. The van der Waals surface area contributed by atoms with Crippen molar-refractivity contribution in [2.24, 2.45) is 20.5 Å². The van der Waals surface area contributed by atoms with Gasteiger partial charge in [0.2, 0.25) is 0 Å². The van der Waals surface area contributed by atoms with E-state index in [2.05, 4.69) is 31.1 Å². The molecule has 0 unspecified atom stereocenters. The zero-order valence-electron chi connectivity index (χ0n) is 38.7. The van der Waals surface area contributed by atoms with Crippen LogP contribution in [0.3, 0.4) is 0 Å². The van der Waals surface area contributed by atoms with Crippen molar-refractivity contribution in [3.05, 3.63) is 166 Å². The number of anilines is 2.